The number of ether oxygens (including phenoxy) is 1. The van der Waals surface area contributed by atoms with Crippen LogP contribution in [0.1, 0.15) is 15.9 Å². The fourth-order valence-electron chi connectivity index (χ4n) is 14.9. The maximum atomic E-state index is 11.9. The van der Waals surface area contributed by atoms with Gasteiger partial charge in [0, 0.05) is 49.0 Å². The number of hydrogen-bond acceptors (Lipinski definition) is 8. The van der Waals surface area contributed by atoms with Crippen LogP contribution in [-0.2, 0) is 11.2 Å². The molecule has 0 unspecified atom stereocenters. The summed E-state index contributed by atoms with van der Waals surface area (Å²) in [6.45, 7) is 0. The summed E-state index contributed by atoms with van der Waals surface area (Å²) in [5.74, 6) is 0.564. The zero-order valence-electron chi connectivity index (χ0n) is 52.7. The first-order chi connectivity index (χ1) is 48.4. The molecule has 21 rings (SSSR count). The number of nitrogens with zero attached hydrogens (tertiary/aromatic N) is 1. The number of esters is 1. The zero-order valence-corrected chi connectivity index (χ0v) is 52.7. The van der Waals surface area contributed by atoms with Crippen LogP contribution in [-0.4, -0.2) is 17.2 Å². The van der Waals surface area contributed by atoms with E-state index in [1.807, 2.05) is 121 Å². The van der Waals surface area contributed by atoms with Gasteiger partial charge in [-0.15, -0.1) is 0 Å². The maximum absolute atomic E-state index is 11.9. The van der Waals surface area contributed by atoms with Crippen LogP contribution in [0.3, 0.4) is 0 Å². The third kappa shape index (κ3) is 9.48. The molecule has 462 valence electrons. The summed E-state index contributed by atoms with van der Waals surface area (Å²) in [6.07, 6.45) is 1.41. The molecule has 8 heteroatoms. The number of pyridine rings is 1. The molecule has 0 spiro atoms. The number of para-hydroxylation sites is 5. The molecule has 98 heavy (non-hydrogen) atoms. The Balaban J connectivity index is 0.000000115. The van der Waals surface area contributed by atoms with E-state index >= 15 is 0 Å². The second kappa shape index (κ2) is 23.7. The van der Waals surface area contributed by atoms with Crippen molar-refractivity contribution in [2.45, 2.75) is 6.42 Å². The van der Waals surface area contributed by atoms with Crippen molar-refractivity contribution in [2.24, 2.45) is 0 Å². The number of carbonyl (C=O) groups excluding carboxylic acids is 2. The molecule has 1 aliphatic heterocycles. The summed E-state index contributed by atoms with van der Waals surface area (Å²) in [6, 6.07) is 106. The molecule has 0 saturated carbocycles. The van der Waals surface area contributed by atoms with Gasteiger partial charge in [-0.2, -0.15) is 0 Å². The highest BCUT2D eigenvalue weighted by Gasteiger charge is 2.26. The number of furan rings is 3. The van der Waals surface area contributed by atoms with E-state index in [2.05, 4.69) is 182 Å². The minimum atomic E-state index is -0.152. The smallest absolute Gasteiger partial charge is 0.315 e. The van der Waals surface area contributed by atoms with Gasteiger partial charge in [0.05, 0.1) is 23.2 Å². The van der Waals surface area contributed by atoms with Gasteiger partial charge in [-0.1, -0.05) is 267 Å². The summed E-state index contributed by atoms with van der Waals surface area (Å²) in [7, 11) is 0. The van der Waals surface area contributed by atoms with Crippen molar-refractivity contribution in [3.8, 4) is 39.3 Å². The van der Waals surface area contributed by atoms with Crippen LogP contribution >= 0.6 is 0 Å². The largest absolute Gasteiger partial charge is 0.455 e. The molecule has 16 aromatic carbocycles. The van der Waals surface area contributed by atoms with Crippen molar-refractivity contribution in [3.63, 3.8) is 0 Å². The van der Waals surface area contributed by atoms with Crippen LogP contribution in [0.25, 0.3) is 175 Å². The molecule has 0 radical (unpaired) electrons. The van der Waals surface area contributed by atoms with Crippen LogP contribution in [0.5, 0.6) is 5.75 Å². The van der Waals surface area contributed by atoms with Gasteiger partial charge < -0.3 is 23.7 Å². The molecule has 2 N–H and O–H groups in total. The average molecular weight is 1260 g/mol. The minimum Gasteiger partial charge on any atom is -0.455 e. The summed E-state index contributed by atoms with van der Waals surface area (Å²) in [5.41, 5.74) is 20.9. The highest BCUT2D eigenvalue weighted by atomic mass is 16.5. The Morgan fingerprint density at radius 1 is 0.327 bits per heavy atom. The predicted molar refractivity (Wildman–Crippen MR) is 403 cm³/mol. The van der Waals surface area contributed by atoms with E-state index in [0.717, 1.165) is 138 Å². The molecule has 0 bridgehead atoms. The third-order valence-electron chi connectivity index (χ3n) is 19.2. The van der Waals surface area contributed by atoms with Gasteiger partial charge in [0.1, 0.15) is 33.6 Å². The molecule has 20 aromatic rings. The number of aldehydes is 1. The predicted octanol–water partition coefficient (Wildman–Crippen LogP) is 23.8. The maximum Gasteiger partial charge on any atom is 0.315 e. The van der Waals surface area contributed by atoms with E-state index < -0.39 is 0 Å². The molecule has 0 amide bonds. The Bertz CT molecular complexity index is 6500. The first-order valence-electron chi connectivity index (χ1n) is 32.7. The van der Waals surface area contributed by atoms with E-state index in [1.165, 1.54) is 54.6 Å². The Labute approximate surface area is 560 Å². The van der Waals surface area contributed by atoms with Gasteiger partial charge in [-0.25, -0.2) is 4.98 Å². The van der Waals surface area contributed by atoms with E-state index in [9.17, 15) is 9.59 Å². The molecule has 5 heterocycles. The van der Waals surface area contributed by atoms with Crippen LogP contribution in [0, 0.1) is 0 Å². The van der Waals surface area contributed by atoms with Gasteiger partial charge in [0.2, 0.25) is 0 Å². The van der Waals surface area contributed by atoms with Gasteiger partial charge in [-0.3, -0.25) is 9.59 Å². The topological polar surface area (TPSA) is 122 Å². The highest BCUT2D eigenvalue weighted by molar-refractivity contribution is 6.30. The normalized spacial score (nSPS) is 12.0. The summed E-state index contributed by atoms with van der Waals surface area (Å²) < 4.78 is 23.8. The third-order valence-corrected chi connectivity index (χ3v) is 19.2. The van der Waals surface area contributed by atoms with Crippen LogP contribution in [0.2, 0.25) is 0 Å². The number of nitrogens with two attached hydrogens (primary N) is 1. The lowest BCUT2D eigenvalue weighted by Gasteiger charge is -2.19. The molecule has 0 aliphatic carbocycles. The molecule has 8 nitrogen and oxygen atoms in total. The van der Waals surface area contributed by atoms with Gasteiger partial charge >= 0.3 is 5.97 Å². The lowest BCUT2D eigenvalue weighted by molar-refractivity contribution is -0.131. The number of hydrogen-bond donors (Lipinski definition) is 1. The monoisotopic (exact) mass is 1260 g/mol. The summed E-state index contributed by atoms with van der Waals surface area (Å²) in [4.78, 5) is 28.2. The molecule has 0 saturated heterocycles. The molecule has 1 aliphatic rings. The van der Waals surface area contributed by atoms with Crippen molar-refractivity contribution >= 4 is 159 Å². The highest BCUT2D eigenvalue weighted by Crippen LogP contribution is 2.50. The second-order valence-corrected chi connectivity index (χ2v) is 24.7. The lowest BCUT2D eigenvalue weighted by Crippen LogP contribution is -1.99. The van der Waals surface area contributed by atoms with Crippen LogP contribution < -0.4 is 10.5 Å². The van der Waals surface area contributed by atoms with Crippen molar-refractivity contribution in [1.29, 1.82) is 0 Å². The second-order valence-electron chi connectivity index (χ2n) is 24.7. The number of carbonyl (C=O) groups is 2. The minimum absolute atomic E-state index is 0.152. The summed E-state index contributed by atoms with van der Waals surface area (Å²) >= 11 is 0. The first kappa shape index (κ1) is 57.5. The van der Waals surface area contributed by atoms with Gasteiger partial charge in [0.25, 0.3) is 0 Å². The Morgan fingerprint density at radius 3 is 1.27 bits per heavy atom. The molecule has 4 aromatic heterocycles. The SMILES string of the molecule is Nc1cccc2c1oc1ccccc12.O=C1Cc2ccccc2O1.O=Cc1c2ccccc2c(-c2cccc3ccccc23)c2ccccc12.c1ccc2c(-c3c4ccccc4c(-c4nc5c(ccc6c7ccccc7oc65)c5oc6ccccc6c45)c4ccccc34)cccc2c1. The Hall–Kier alpha value is -13.2. The molecule has 0 fully saturated rings. The fourth-order valence-corrected chi connectivity index (χ4v) is 14.9. The van der Waals surface area contributed by atoms with Crippen molar-refractivity contribution < 1.29 is 27.6 Å². The number of anilines is 1. The molecular weight excluding hydrogens is 1200 g/mol. The van der Waals surface area contributed by atoms with E-state index in [1.54, 1.807) is 6.07 Å². The van der Waals surface area contributed by atoms with Gasteiger partial charge in [-0.05, 0) is 129 Å². The number of nitrogen functional groups attached to an aromatic ring is 1. The Morgan fingerprint density at radius 2 is 0.714 bits per heavy atom. The lowest BCUT2D eigenvalue weighted by atomic mass is 9.85. The van der Waals surface area contributed by atoms with Crippen molar-refractivity contribution in [2.75, 3.05) is 5.73 Å². The van der Waals surface area contributed by atoms with E-state index in [4.69, 9.17) is 28.7 Å². The number of aromatic nitrogens is 1. The van der Waals surface area contributed by atoms with Crippen LogP contribution in [0.15, 0.2) is 323 Å². The standard InChI is InChI=1S/C45H25NO2.C25H16O.C12H9NO.C8H6O2/c1-2-14-27-26(12-1)13-11-21-29(27)39-30-16-3-5-18-32(30)40(33-19-6-4-17-31(33)39)43-41-35-20-8-10-23-38(35)47-44(41)36-25-24-34-28-15-7-9-22-37(28)48-45(34)42(36)46-43;26-16-24-19-11-3-5-13-22(19)25(23-14-6-4-12-20(23)24)21-15-7-9-17-8-1-2-10-18(17)21;13-10-6-3-5-9-8-4-1-2-7-11(8)14-12(9)10;9-8-5-6-3-1-2-4-7(6)10-8/h1-25H;1-16H;1-7H,13H2;1-4H,5H2. The fraction of sp³-hybridized carbons (Fsp3) is 0.0111. The number of benzene rings is 16. The summed E-state index contributed by atoms with van der Waals surface area (Å²) in [5, 5.41) is 21.2. The van der Waals surface area contributed by atoms with E-state index in [0.29, 0.717) is 17.9 Å². The Kier molecular flexibility index (Phi) is 13.9. The van der Waals surface area contributed by atoms with Crippen LogP contribution in [0.4, 0.5) is 5.69 Å². The molecule has 0 atom stereocenters. The number of rotatable bonds is 4. The van der Waals surface area contributed by atoms with Crippen molar-refractivity contribution in [3.05, 3.63) is 321 Å². The average Bonchev–Trinajstić information content (AvgIpc) is 1.32. The van der Waals surface area contributed by atoms with E-state index in [-0.39, 0.29) is 5.97 Å². The quantitative estimate of drug-likeness (QED) is 0.0608. The number of fused-ring (bicyclic) bond motifs is 19. The zero-order chi connectivity index (χ0) is 65.4. The first-order valence-corrected chi connectivity index (χ1v) is 32.7. The van der Waals surface area contributed by atoms with Gasteiger partial charge in [0.15, 0.2) is 17.5 Å². The molecular formula is C90H56N2O6. The van der Waals surface area contributed by atoms with Crippen molar-refractivity contribution in [1.82, 2.24) is 4.98 Å².